The summed E-state index contributed by atoms with van der Waals surface area (Å²) in [6.07, 6.45) is 0.485. The molecule has 0 bridgehead atoms. The van der Waals surface area contributed by atoms with Crippen molar-refractivity contribution >= 4 is 46.6 Å². The van der Waals surface area contributed by atoms with Crippen molar-refractivity contribution in [1.82, 2.24) is 5.32 Å². The van der Waals surface area contributed by atoms with E-state index in [1.54, 1.807) is 35.7 Å². The summed E-state index contributed by atoms with van der Waals surface area (Å²) in [6.45, 7) is 3.90. The van der Waals surface area contributed by atoms with Gasteiger partial charge >= 0.3 is 0 Å². The van der Waals surface area contributed by atoms with Gasteiger partial charge < -0.3 is 5.32 Å². The van der Waals surface area contributed by atoms with Crippen molar-refractivity contribution < 1.29 is 4.79 Å². The Hall–Kier alpha value is -1.09. The van der Waals surface area contributed by atoms with Crippen LogP contribution in [0.3, 0.4) is 0 Å². The fourth-order valence-electron chi connectivity index (χ4n) is 2.05. The molecule has 6 heteroatoms. The maximum Gasteiger partial charge on any atom is 0.221 e. The van der Waals surface area contributed by atoms with Crippen LogP contribution in [0.1, 0.15) is 25.8 Å². The molecule has 0 saturated carbocycles. The van der Waals surface area contributed by atoms with E-state index in [0.29, 0.717) is 17.0 Å². The largest absolute Gasteiger partial charge is 0.354 e. The molecule has 0 spiro atoms. The normalized spacial score (nSPS) is 19.9. The van der Waals surface area contributed by atoms with Crippen LogP contribution in [0.25, 0.3) is 5.57 Å². The van der Waals surface area contributed by atoms with Crippen molar-refractivity contribution in [1.29, 1.82) is 5.26 Å². The predicted octanol–water partition coefficient (Wildman–Crippen LogP) is 4.30. The number of benzene rings is 1. The molecule has 2 rings (SSSR count). The van der Waals surface area contributed by atoms with Gasteiger partial charge in [-0.1, -0.05) is 23.7 Å². The van der Waals surface area contributed by atoms with Crippen LogP contribution in [0.15, 0.2) is 28.5 Å². The average molecular weight is 353 g/mol. The first-order valence-corrected chi connectivity index (χ1v) is 9.23. The molecule has 1 amide bonds. The lowest BCUT2D eigenvalue weighted by Crippen LogP contribution is -2.32. The Labute approximate surface area is 144 Å². The SMILES string of the molecule is CC(C)NC(=O)CC1CSC(=C(C#N)c2ccc(Cl)cc2)S1. The highest BCUT2D eigenvalue weighted by Crippen LogP contribution is 2.46. The molecule has 116 valence electrons. The first-order valence-electron chi connectivity index (χ1n) is 6.98. The van der Waals surface area contributed by atoms with E-state index >= 15 is 0 Å². The summed E-state index contributed by atoms with van der Waals surface area (Å²) in [5.41, 5.74) is 1.53. The number of nitrogens with one attached hydrogen (secondary N) is 1. The molecule has 0 aliphatic carbocycles. The predicted molar refractivity (Wildman–Crippen MR) is 95.7 cm³/mol. The van der Waals surface area contributed by atoms with E-state index in [0.717, 1.165) is 15.6 Å². The Morgan fingerprint density at radius 1 is 1.45 bits per heavy atom. The number of hydrogen-bond donors (Lipinski definition) is 1. The number of rotatable bonds is 4. The van der Waals surface area contributed by atoms with Gasteiger partial charge in [-0.3, -0.25) is 4.79 Å². The average Bonchev–Trinajstić information content (AvgIpc) is 2.89. The molecule has 1 aliphatic heterocycles. The van der Waals surface area contributed by atoms with Crippen LogP contribution in [0.2, 0.25) is 5.02 Å². The van der Waals surface area contributed by atoms with Gasteiger partial charge in [-0.05, 0) is 31.5 Å². The van der Waals surface area contributed by atoms with Crippen LogP contribution in [-0.4, -0.2) is 23.0 Å². The number of carbonyl (C=O) groups excluding carboxylic acids is 1. The minimum atomic E-state index is 0.0688. The molecule has 1 atom stereocenters. The summed E-state index contributed by atoms with van der Waals surface area (Å²) in [6, 6.07) is 9.72. The number of amides is 1. The first-order chi connectivity index (χ1) is 10.5. The summed E-state index contributed by atoms with van der Waals surface area (Å²) in [5, 5.41) is 13.2. The standard InChI is InChI=1S/C16H17ClN2OS2/c1-10(2)19-15(20)7-13-9-21-16(22-13)14(8-18)11-3-5-12(17)6-4-11/h3-6,10,13H,7,9H2,1-2H3,(H,19,20). The molecule has 1 aromatic rings. The molecular formula is C16H17ClN2OS2. The Morgan fingerprint density at radius 2 is 2.14 bits per heavy atom. The van der Waals surface area contributed by atoms with Crippen molar-refractivity contribution in [3.63, 3.8) is 0 Å². The fraction of sp³-hybridized carbons (Fsp3) is 0.375. The van der Waals surface area contributed by atoms with Gasteiger partial charge in [0.2, 0.25) is 5.91 Å². The van der Waals surface area contributed by atoms with Gasteiger partial charge in [-0.25, -0.2) is 0 Å². The Bertz CT molecular complexity index is 620. The van der Waals surface area contributed by atoms with Crippen LogP contribution >= 0.6 is 35.1 Å². The van der Waals surface area contributed by atoms with Crippen LogP contribution in [-0.2, 0) is 4.79 Å². The van der Waals surface area contributed by atoms with Gasteiger partial charge in [0.1, 0.15) is 6.07 Å². The zero-order valence-electron chi connectivity index (χ0n) is 12.4. The molecule has 1 N–H and O–H groups in total. The van der Waals surface area contributed by atoms with Crippen LogP contribution in [0.4, 0.5) is 0 Å². The molecule has 0 aromatic heterocycles. The van der Waals surface area contributed by atoms with E-state index in [9.17, 15) is 10.1 Å². The Balaban J connectivity index is 2.08. The van der Waals surface area contributed by atoms with Gasteiger partial charge in [0.05, 0.1) is 9.81 Å². The maximum absolute atomic E-state index is 11.8. The molecule has 22 heavy (non-hydrogen) atoms. The van der Waals surface area contributed by atoms with Gasteiger partial charge in [0, 0.05) is 28.5 Å². The fourth-order valence-corrected chi connectivity index (χ4v) is 5.12. The summed E-state index contributed by atoms with van der Waals surface area (Å²) in [5.74, 6) is 0.920. The number of allylic oxidation sites excluding steroid dienone is 1. The molecule has 1 fully saturated rings. The third kappa shape index (κ3) is 4.70. The molecule has 1 aliphatic rings. The topological polar surface area (TPSA) is 52.9 Å². The molecule has 1 heterocycles. The Kier molecular flexibility index (Phi) is 6.25. The van der Waals surface area contributed by atoms with Crippen LogP contribution in [0.5, 0.6) is 0 Å². The van der Waals surface area contributed by atoms with Gasteiger partial charge in [0.25, 0.3) is 0 Å². The third-order valence-corrected chi connectivity index (χ3v) is 6.21. The number of hydrogen-bond acceptors (Lipinski definition) is 4. The lowest BCUT2D eigenvalue weighted by molar-refractivity contribution is -0.121. The highest BCUT2D eigenvalue weighted by molar-refractivity contribution is 8.25. The van der Waals surface area contributed by atoms with Crippen molar-refractivity contribution in [3.05, 3.63) is 39.1 Å². The molecule has 1 aromatic carbocycles. The summed E-state index contributed by atoms with van der Waals surface area (Å²) in [7, 11) is 0. The van der Waals surface area contributed by atoms with E-state index in [-0.39, 0.29) is 17.2 Å². The van der Waals surface area contributed by atoms with Crippen molar-refractivity contribution in [3.8, 4) is 6.07 Å². The van der Waals surface area contributed by atoms with E-state index in [1.807, 2.05) is 26.0 Å². The quantitative estimate of drug-likeness (QED) is 0.821. The highest BCUT2D eigenvalue weighted by atomic mass is 35.5. The number of thioether (sulfide) groups is 2. The smallest absolute Gasteiger partial charge is 0.221 e. The number of halogens is 1. The maximum atomic E-state index is 11.8. The van der Waals surface area contributed by atoms with E-state index in [2.05, 4.69) is 11.4 Å². The lowest BCUT2D eigenvalue weighted by Gasteiger charge is -2.11. The zero-order valence-corrected chi connectivity index (χ0v) is 14.8. The molecule has 1 unspecified atom stereocenters. The van der Waals surface area contributed by atoms with Crippen molar-refractivity contribution in [2.75, 3.05) is 5.75 Å². The minimum absolute atomic E-state index is 0.0688. The van der Waals surface area contributed by atoms with Crippen LogP contribution in [0, 0.1) is 11.3 Å². The van der Waals surface area contributed by atoms with Crippen molar-refractivity contribution in [2.24, 2.45) is 0 Å². The second kappa shape index (κ2) is 7.96. The van der Waals surface area contributed by atoms with Gasteiger partial charge in [-0.2, -0.15) is 5.26 Å². The molecule has 3 nitrogen and oxygen atoms in total. The van der Waals surface area contributed by atoms with E-state index < -0.39 is 0 Å². The third-order valence-electron chi connectivity index (χ3n) is 2.99. The number of nitriles is 1. The van der Waals surface area contributed by atoms with E-state index in [1.165, 1.54) is 0 Å². The zero-order chi connectivity index (χ0) is 16.1. The second-order valence-corrected chi connectivity index (χ2v) is 8.29. The molecule has 1 saturated heterocycles. The minimum Gasteiger partial charge on any atom is -0.354 e. The van der Waals surface area contributed by atoms with Gasteiger partial charge in [-0.15, -0.1) is 23.5 Å². The van der Waals surface area contributed by atoms with Gasteiger partial charge in [0.15, 0.2) is 0 Å². The monoisotopic (exact) mass is 352 g/mol. The Morgan fingerprint density at radius 3 is 2.73 bits per heavy atom. The van der Waals surface area contributed by atoms with Crippen LogP contribution < -0.4 is 5.32 Å². The summed E-state index contributed by atoms with van der Waals surface area (Å²) < 4.78 is 0.993. The number of nitrogens with zero attached hydrogens (tertiary/aromatic N) is 1. The highest BCUT2D eigenvalue weighted by Gasteiger charge is 2.26. The first kappa shape index (κ1) is 17.3. The summed E-state index contributed by atoms with van der Waals surface area (Å²) in [4.78, 5) is 11.8. The lowest BCUT2D eigenvalue weighted by atomic mass is 10.1. The van der Waals surface area contributed by atoms with E-state index in [4.69, 9.17) is 11.6 Å². The number of carbonyl (C=O) groups is 1. The molecular weight excluding hydrogens is 336 g/mol. The summed E-state index contributed by atoms with van der Waals surface area (Å²) >= 11 is 9.16. The second-order valence-electron chi connectivity index (χ2n) is 5.26. The molecule has 0 radical (unpaired) electrons. The van der Waals surface area contributed by atoms with Crippen molar-refractivity contribution in [2.45, 2.75) is 31.6 Å².